The van der Waals surface area contributed by atoms with Gasteiger partial charge in [0, 0.05) is 35.2 Å². The van der Waals surface area contributed by atoms with Crippen molar-refractivity contribution in [3.63, 3.8) is 0 Å². The van der Waals surface area contributed by atoms with Crippen molar-refractivity contribution in [3.05, 3.63) is 66.0 Å². The summed E-state index contributed by atoms with van der Waals surface area (Å²) in [6, 6.07) is 2.66. The molecule has 0 aromatic heterocycles. The van der Waals surface area contributed by atoms with Gasteiger partial charge in [0.05, 0.1) is 37.7 Å². The summed E-state index contributed by atoms with van der Waals surface area (Å²) in [6.45, 7) is 0.945. The molecular formula is C32H31NO8. The van der Waals surface area contributed by atoms with Crippen molar-refractivity contribution >= 4 is 54.9 Å². The van der Waals surface area contributed by atoms with E-state index >= 15 is 0 Å². The minimum Gasteiger partial charge on any atom is -0.504 e. The molecule has 0 radical (unpaired) electrons. The van der Waals surface area contributed by atoms with Crippen LogP contribution in [0.15, 0.2) is 27.3 Å². The highest BCUT2D eigenvalue weighted by Crippen LogP contribution is 2.53. The molecule has 212 valence electrons. The number of methoxy groups -OCH3 is 1. The first-order valence-corrected chi connectivity index (χ1v) is 13.6. The molecule has 0 spiro atoms. The molecule has 0 unspecified atom stereocenters. The fourth-order valence-corrected chi connectivity index (χ4v) is 6.87. The molecule has 6 rings (SSSR count). The maximum atomic E-state index is 13.9. The van der Waals surface area contributed by atoms with E-state index in [1.54, 1.807) is 0 Å². The number of allylic oxidation sites excluding steroid dienone is 1. The Morgan fingerprint density at radius 1 is 0.829 bits per heavy atom. The zero-order valence-electron chi connectivity index (χ0n) is 22.8. The van der Waals surface area contributed by atoms with E-state index in [1.807, 2.05) is 13.0 Å². The number of aromatic hydroxyl groups is 1. The number of hydrogen-bond donors (Lipinski definition) is 6. The second kappa shape index (κ2) is 10.1. The molecule has 0 fully saturated rings. The van der Waals surface area contributed by atoms with Gasteiger partial charge in [-0.1, -0.05) is 11.6 Å². The zero-order chi connectivity index (χ0) is 29.2. The first-order chi connectivity index (χ1) is 19.8. The molecule has 0 saturated heterocycles. The van der Waals surface area contributed by atoms with Crippen molar-refractivity contribution in [2.45, 2.75) is 39.4 Å². The number of anilines is 1. The van der Waals surface area contributed by atoms with E-state index in [9.17, 15) is 35.1 Å². The lowest BCUT2D eigenvalue weighted by Crippen LogP contribution is -2.16. The third-order valence-corrected chi connectivity index (χ3v) is 8.31. The molecule has 1 aliphatic rings. The number of ether oxygens (including phenoxy) is 1. The fraction of sp³-hybridized carbons (Fsp3) is 0.312. The Balaban J connectivity index is 2.09. The minimum absolute atomic E-state index is 0.0478. The Hall–Kier alpha value is -4.02. The van der Waals surface area contributed by atoms with Crippen LogP contribution >= 0.6 is 0 Å². The monoisotopic (exact) mass is 557 g/mol. The average molecular weight is 558 g/mol. The summed E-state index contributed by atoms with van der Waals surface area (Å²) in [6.07, 6.45) is 3.25. The quantitative estimate of drug-likeness (QED) is 0.118. The molecule has 0 aliphatic heterocycles. The highest BCUT2D eigenvalue weighted by atomic mass is 16.5. The van der Waals surface area contributed by atoms with E-state index in [1.165, 1.54) is 19.2 Å². The topological polar surface area (TPSA) is 157 Å². The second-order valence-electron chi connectivity index (χ2n) is 10.7. The molecule has 5 aromatic carbocycles. The van der Waals surface area contributed by atoms with Gasteiger partial charge in [0.15, 0.2) is 22.4 Å². The number of phenolic OH excluding ortho intramolecular Hbond substituents is 1. The van der Waals surface area contributed by atoms with Gasteiger partial charge in [0.2, 0.25) is 0 Å². The molecule has 9 nitrogen and oxygen atoms in total. The van der Waals surface area contributed by atoms with Crippen LogP contribution in [0.5, 0.6) is 11.5 Å². The van der Waals surface area contributed by atoms with Crippen molar-refractivity contribution in [2.24, 2.45) is 0 Å². The number of rotatable bonds is 9. The highest BCUT2D eigenvalue weighted by molar-refractivity contribution is 6.38. The smallest absolute Gasteiger partial charge is 0.190 e. The van der Waals surface area contributed by atoms with Crippen molar-refractivity contribution in [3.8, 4) is 11.5 Å². The molecule has 0 saturated carbocycles. The number of aliphatic hydroxyl groups excluding tert-OH is 4. The van der Waals surface area contributed by atoms with Crippen LogP contribution in [0.25, 0.3) is 49.2 Å². The van der Waals surface area contributed by atoms with Gasteiger partial charge >= 0.3 is 0 Å². The lowest BCUT2D eigenvalue weighted by Gasteiger charge is -2.25. The maximum absolute atomic E-state index is 13.9. The molecule has 0 bridgehead atoms. The van der Waals surface area contributed by atoms with Gasteiger partial charge in [-0.2, -0.15) is 0 Å². The summed E-state index contributed by atoms with van der Waals surface area (Å²) >= 11 is 0. The van der Waals surface area contributed by atoms with E-state index in [-0.39, 0.29) is 42.1 Å². The molecular weight excluding hydrogens is 526 g/mol. The molecule has 0 amide bonds. The van der Waals surface area contributed by atoms with E-state index in [0.29, 0.717) is 79.3 Å². The molecule has 0 heterocycles. The number of fused-ring (bicyclic) bond motifs is 1. The predicted molar refractivity (Wildman–Crippen MR) is 160 cm³/mol. The van der Waals surface area contributed by atoms with Crippen LogP contribution in [-0.4, -0.2) is 52.4 Å². The Bertz CT molecular complexity index is 2010. The van der Waals surface area contributed by atoms with Gasteiger partial charge in [0.25, 0.3) is 0 Å². The molecule has 0 atom stereocenters. The van der Waals surface area contributed by atoms with Gasteiger partial charge in [-0.3, -0.25) is 9.59 Å². The maximum Gasteiger partial charge on any atom is 0.190 e. The van der Waals surface area contributed by atoms with Crippen LogP contribution in [0.3, 0.4) is 0 Å². The molecule has 9 heteroatoms. The van der Waals surface area contributed by atoms with Crippen molar-refractivity contribution < 1.29 is 30.3 Å². The molecule has 6 N–H and O–H groups in total. The Labute approximate surface area is 234 Å². The summed E-state index contributed by atoms with van der Waals surface area (Å²) in [7, 11) is 1.43. The van der Waals surface area contributed by atoms with Gasteiger partial charge in [-0.25, -0.2) is 0 Å². The van der Waals surface area contributed by atoms with Crippen LogP contribution in [0.4, 0.5) is 5.69 Å². The number of hydrogen-bond acceptors (Lipinski definition) is 9. The summed E-state index contributed by atoms with van der Waals surface area (Å²) in [4.78, 5) is 27.4. The van der Waals surface area contributed by atoms with Gasteiger partial charge in [-0.05, 0) is 82.1 Å². The van der Waals surface area contributed by atoms with Gasteiger partial charge < -0.3 is 35.6 Å². The van der Waals surface area contributed by atoms with Crippen LogP contribution in [0.1, 0.15) is 41.2 Å². The third kappa shape index (κ3) is 3.70. The summed E-state index contributed by atoms with van der Waals surface area (Å²) in [5, 5.41) is 58.9. The number of phenols is 1. The fourth-order valence-electron chi connectivity index (χ4n) is 6.87. The van der Waals surface area contributed by atoms with Crippen LogP contribution in [-0.2, 0) is 26.1 Å². The van der Waals surface area contributed by atoms with Gasteiger partial charge in [-0.15, -0.1) is 0 Å². The summed E-state index contributed by atoms with van der Waals surface area (Å²) in [5.74, 6) is -0.120. The normalized spacial score (nSPS) is 13.2. The summed E-state index contributed by atoms with van der Waals surface area (Å²) < 4.78 is 5.71. The largest absolute Gasteiger partial charge is 0.504 e. The molecule has 41 heavy (non-hydrogen) atoms. The van der Waals surface area contributed by atoms with E-state index in [2.05, 4.69) is 5.32 Å². The average Bonchev–Trinajstić information content (AvgIpc) is 3.11. The number of benzene rings is 5. The Kier molecular flexibility index (Phi) is 6.70. The van der Waals surface area contributed by atoms with Crippen molar-refractivity contribution in [1.29, 1.82) is 0 Å². The summed E-state index contributed by atoms with van der Waals surface area (Å²) in [5.41, 5.74) is 3.55. The van der Waals surface area contributed by atoms with Crippen LogP contribution in [0.2, 0.25) is 0 Å². The second-order valence-corrected chi connectivity index (χ2v) is 10.7. The Morgan fingerprint density at radius 3 is 2.05 bits per heavy atom. The van der Waals surface area contributed by atoms with Crippen LogP contribution < -0.4 is 20.9 Å². The standard InChI is InChI=1S/C32H31NO8/c1-14-8-18-17(4-3-6-34)30(33-5-7-35)26-20(38)10-15(12-36)22-23-16(13-37)11-21(39)27-29(23)25(24(18)28(22)26)19(9-14)32(41-2)31(27)40/h8,10-11,33-37,40H,3-7,9,12-13H2,1-2H3. The SMILES string of the molecule is COc1c(O)c2c(=O)cc(CO)c3c4c(CO)cc(=O)c5c(NCCO)c(CCCO)c6c(c(c1CC(C)=C6)c23)c54. The minimum atomic E-state index is -0.477. The van der Waals surface area contributed by atoms with E-state index < -0.39 is 18.6 Å². The van der Waals surface area contributed by atoms with Gasteiger partial charge in [0.1, 0.15) is 0 Å². The Morgan fingerprint density at radius 2 is 1.46 bits per heavy atom. The first kappa shape index (κ1) is 27.2. The predicted octanol–water partition coefficient (Wildman–Crippen LogP) is 2.88. The van der Waals surface area contributed by atoms with Crippen molar-refractivity contribution in [2.75, 3.05) is 32.2 Å². The zero-order valence-corrected chi connectivity index (χ0v) is 22.8. The highest BCUT2D eigenvalue weighted by Gasteiger charge is 2.32. The van der Waals surface area contributed by atoms with Crippen LogP contribution in [0, 0.1) is 0 Å². The molecule has 1 aliphatic carbocycles. The first-order valence-electron chi connectivity index (χ1n) is 13.6. The molecule has 5 aromatic rings. The number of nitrogens with one attached hydrogen (secondary N) is 1. The lowest BCUT2D eigenvalue weighted by atomic mass is 9.80. The van der Waals surface area contributed by atoms with E-state index in [0.717, 1.165) is 16.7 Å². The lowest BCUT2D eigenvalue weighted by molar-refractivity contribution is 0.282. The number of aliphatic hydroxyl groups is 4. The van der Waals surface area contributed by atoms with E-state index in [4.69, 9.17) is 4.74 Å². The third-order valence-electron chi connectivity index (χ3n) is 8.31. The van der Waals surface area contributed by atoms with Crippen molar-refractivity contribution in [1.82, 2.24) is 0 Å².